The maximum Gasteiger partial charge on any atom is 0.369 e. The van der Waals surface area contributed by atoms with Crippen LogP contribution in [0.5, 0.6) is 0 Å². The maximum atomic E-state index is 10.8. The monoisotopic (exact) mass is 211 g/mol. The van der Waals surface area contributed by atoms with E-state index in [4.69, 9.17) is 11.1 Å². The molecule has 4 nitrogen and oxygen atoms in total. The summed E-state index contributed by atoms with van der Waals surface area (Å²) < 4.78 is 30.3. The van der Waals surface area contributed by atoms with Gasteiger partial charge in [-0.3, -0.25) is 9.40 Å². The molecule has 1 aromatic rings. The van der Waals surface area contributed by atoms with Crippen molar-refractivity contribution in [1.29, 1.82) is 0 Å². The lowest BCUT2D eigenvalue weighted by Gasteiger charge is -2.02. The van der Waals surface area contributed by atoms with Crippen molar-refractivity contribution >= 4 is 10.1 Å². The smallest absolute Gasteiger partial charge is 0.289 e. The quantitative estimate of drug-likeness (QED) is 0.599. The third-order valence-corrected chi connectivity index (χ3v) is 2.70. The molecule has 0 heterocycles. The molecule has 5 heteroatoms. The lowest BCUT2D eigenvalue weighted by Crippen LogP contribution is -2.08. The predicted octanol–water partition coefficient (Wildman–Crippen LogP) is 1.80. The Hall–Kier alpha value is -1.38. The zero-order valence-electron chi connectivity index (χ0n) is 7.51. The molecule has 0 aliphatic carbocycles. The minimum Gasteiger partial charge on any atom is -0.289 e. The second kappa shape index (κ2) is 3.78. The van der Waals surface area contributed by atoms with E-state index in [1.165, 1.54) is 12.1 Å². The van der Waals surface area contributed by atoms with E-state index in [-0.39, 0.29) is 5.56 Å². The molecule has 0 amide bonds. The Morgan fingerprint density at radius 3 is 2.21 bits per heavy atom. The van der Waals surface area contributed by atoms with Crippen LogP contribution in [0.4, 0.5) is 0 Å². The maximum absolute atomic E-state index is 10.8. The van der Waals surface area contributed by atoms with Crippen LogP contribution in [0.2, 0.25) is 0 Å². The van der Waals surface area contributed by atoms with E-state index in [0.29, 0.717) is 0 Å². The van der Waals surface area contributed by atoms with Crippen LogP contribution in [0.3, 0.4) is 0 Å². The first-order chi connectivity index (χ1) is 6.45. The summed E-state index contributed by atoms with van der Waals surface area (Å²) in [5, 5.41) is -1.51. The van der Waals surface area contributed by atoms with Crippen LogP contribution in [0.1, 0.15) is 16.5 Å². The van der Waals surface area contributed by atoms with Gasteiger partial charge < -0.3 is 0 Å². The van der Waals surface area contributed by atoms with E-state index in [2.05, 4.69) is 4.85 Å². The molecule has 0 radical (unpaired) electrons. The van der Waals surface area contributed by atoms with E-state index in [1.807, 2.05) is 6.92 Å². The lowest BCUT2D eigenvalue weighted by molar-refractivity contribution is 0.476. The number of benzene rings is 1. The fourth-order valence-corrected chi connectivity index (χ4v) is 1.68. The van der Waals surface area contributed by atoms with Gasteiger partial charge in [-0.1, -0.05) is 17.7 Å². The van der Waals surface area contributed by atoms with Crippen LogP contribution in [0.25, 0.3) is 4.85 Å². The molecule has 1 rings (SSSR count). The van der Waals surface area contributed by atoms with Crippen LogP contribution in [0, 0.1) is 13.5 Å². The number of rotatable bonds is 2. The van der Waals surface area contributed by atoms with Crippen molar-refractivity contribution in [3.63, 3.8) is 0 Å². The van der Waals surface area contributed by atoms with Crippen molar-refractivity contribution in [2.24, 2.45) is 0 Å². The summed E-state index contributed by atoms with van der Waals surface area (Å²) in [4.78, 5) is 2.87. The molecule has 0 aliphatic heterocycles. The van der Waals surface area contributed by atoms with Crippen molar-refractivity contribution < 1.29 is 13.0 Å². The molecular formula is C9H9NO3S. The fourth-order valence-electron chi connectivity index (χ4n) is 1.04. The van der Waals surface area contributed by atoms with E-state index < -0.39 is 15.5 Å². The second-order valence-corrected chi connectivity index (χ2v) is 4.38. The first-order valence-corrected chi connectivity index (χ1v) is 5.35. The van der Waals surface area contributed by atoms with Gasteiger partial charge in [-0.15, -0.1) is 0 Å². The van der Waals surface area contributed by atoms with Gasteiger partial charge in [0.25, 0.3) is 0 Å². The van der Waals surface area contributed by atoms with Gasteiger partial charge in [-0.25, -0.2) is 6.57 Å². The predicted molar refractivity (Wildman–Crippen MR) is 52.1 cm³/mol. The Morgan fingerprint density at radius 1 is 1.36 bits per heavy atom. The van der Waals surface area contributed by atoms with Gasteiger partial charge >= 0.3 is 15.5 Å². The molecule has 1 N–H and O–H groups in total. The highest BCUT2D eigenvalue weighted by molar-refractivity contribution is 7.86. The molecule has 0 aliphatic rings. The largest absolute Gasteiger partial charge is 0.369 e. The zero-order valence-corrected chi connectivity index (χ0v) is 8.32. The van der Waals surface area contributed by atoms with Crippen molar-refractivity contribution in [3.8, 4) is 0 Å². The molecule has 0 saturated carbocycles. The molecule has 0 saturated heterocycles. The molecule has 1 atom stereocenters. The molecule has 1 aromatic carbocycles. The van der Waals surface area contributed by atoms with Gasteiger partial charge in [0.2, 0.25) is 0 Å². The average molecular weight is 211 g/mol. The summed E-state index contributed by atoms with van der Waals surface area (Å²) >= 11 is 0. The van der Waals surface area contributed by atoms with Gasteiger partial charge in [0.15, 0.2) is 0 Å². The topological polar surface area (TPSA) is 58.7 Å². The number of hydrogen-bond donors (Lipinski definition) is 1. The van der Waals surface area contributed by atoms with Crippen molar-refractivity contribution in [2.75, 3.05) is 0 Å². The summed E-state index contributed by atoms with van der Waals surface area (Å²) in [5.41, 5.74) is 1.25. The summed E-state index contributed by atoms with van der Waals surface area (Å²) in [6.07, 6.45) is 0. The molecule has 14 heavy (non-hydrogen) atoms. The average Bonchev–Trinajstić information content (AvgIpc) is 2.07. The third-order valence-electron chi connectivity index (χ3n) is 1.76. The molecule has 0 fully saturated rings. The van der Waals surface area contributed by atoms with E-state index in [9.17, 15) is 8.42 Å². The molecule has 0 spiro atoms. The van der Waals surface area contributed by atoms with Gasteiger partial charge in [-0.05, 0) is 19.1 Å². The minimum absolute atomic E-state index is 0.285. The normalized spacial score (nSPS) is 13.2. The zero-order chi connectivity index (χ0) is 10.8. The molecule has 1 unspecified atom stereocenters. The van der Waals surface area contributed by atoms with E-state index in [0.717, 1.165) is 5.56 Å². The molecule has 0 aromatic heterocycles. The Morgan fingerprint density at radius 2 is 1.86 bits per heavy atom. The summed E-state index contributed by atoms with van der Waals surface area (Å²) in [7, 11) is -4.34. The summed E-state index contributed by atoms with van der Waals surface area (Å²) in [6.45, 7) is 8.54. The van der Waals surface area contributed by atoms with Gasteiger partial charge in [0, 0.05) is 0 Å². The van der Waals surface area contributed by atoms with E-state index in [1.54, 1.807) is 12.1 Å². The third kappa shape index (κ3) is 2.31. The summed E-state index contributed by atoms with van der Waals surface area (Å²) in [6, 6.07) is 6.43. The van der Waals surface area contributed by atoms with Crippen LogP contribution in [0.15, 0.2) is 24.3 Å². The van der Waals surface area contributed by atoms with Crippen molar-refractivity contribution in [1.82, 2.24) is 0 Å². The van der Waals surface area contributed by atoms with Gasteiger partial charge in [0.05, 0.1) is 5.56 Å². The highest BCUT2D eigenvalue weighted by atomic mass is 32.2. The molecule has 0 bridgehead atoms. The number of aryl methyl sites for hydroxylation is 1. The first-order valence-electron chi connectivity index (χ1n) is 3.84. The number of hydrogen-bond acceptors (Lipinski definition) is 2. The lowest BCUT2D eigenvalue weighted by atomic mass is 10.1. The second-order valence-electron chi connectivity index (χ2n) is 2.91. The van der Waals surface area contributed by atoms with Crippen LogP contribution in [-0.4, -0.2) is 13.0 Å². The summed E-state index contributed by atoms with van der Waals surface area (Å²) in [5.74, 6) is 0. The number of nitrogens with zero attached hydrogens (tertiary/aromatic N) is 1. The minimum atomic E-state index is -4.34. The first kappa shape index (κ1) is 10.7. The van der Waals surface area contributed by atoms with Crippen molar-refractivity contribution in [3.05, 3.63) is 46.8 Å². The standard InChI is InChI=1S/C9H9NO3S/c1-7-3-5-8(6-4-7)9(10-2)14(11,12)13/h3-6,9H,1H3,(H,11,12,13). The molecule has 74 valence electrons. The highest BCUT2D eigenvalue weighted by Crippen LogP contribution is 2.22. The molecular weight excluding hydrogens is 202 g/mol. The Balaban J connectivity index is 3.17. The van der Waals surface area contributed by atoms with E-state index >= 15 is 0 Å². The van der Waals surface area contributed by atoms with Crippen LogP contribution in [-0.2, 0) is 10.1 Å². The highest BCUT2D eigenvalue weighted by Gasteiger charge is 2.30. The van der Waals surface area contributed by atoms with Gasteiger partial charge in [0.1, 0.15) is 0 Å². The Kier molecular flexibility index (Phi) is 2.89. The van der Waals surface area contributed by atoms with Crippen LogP contribution >= 0.6 is 0 Å². The Bertz CT molecular complexity index is 456. The van der Waals surface area contributed by atoms with Gasteiger partial charge in [-0.2, -0.15) is 8.42 Å². The SMILES string of the molecule is [C-]#[N+]C(c1ccc(C)cc1)S(=O)(=O)O. The Labute approximate surface area is 82.8 Å². The van der Waals surface area contributed by atoms with Crippen molar-refractivity contribution in [2.45, 2.75) is 12.3 Å². The fraction of sp³-hybridized carbons (Fsp3) is 0.222. The van der Waals surface area contributed by atoms with Crippen LogP contribution < -0.4 is 0 Å².